The maximum Gasteiger partial charge on any atom is 0.449 e. The third-order valence-corrected chi connectivity index (χ3v) is 6.74. The number of amides is 2. The largest absolute Gasteiger partial charge is 0.451 e. The van der Waals surface area contributed by atoms with Gasteiger partial charge in [-0.1, -0.05) is 24.3 Å². The van der Waals surface area contributed by atoms with E-state index in [-0.39, 0.29) is 29.6 Å². The van der Waals surface area contributed by atoms with Gasteiger partial charge in [-0.25, -0.2) is 9.97 Å². The van der Waals surface area contributed by atoms with Crippen LogP contribution in [-0.2, 0) is 26.2 Å². The van der Waals surface area contributed by atoms with Crippen molar-refractivity contribution in [3.63, 3.8) is 0 Å². The Morgan fingerprint density at radius 1 is 1.05 bits per heavy atom. The van der Waals surface area contributed by atoms with Crippen LogP contribution in [0.5, 0.6) is 0 Å². The first kappa shape index (κ1) is 26.1. The summed E-state index contributed by atoms with van der Waals surface area (Å²) in [5.74, 6) is -1.60. The molecule has 1 aliphatic rings. The minimum Gasteiger partial charge on any atom is -0.451 e. The molecule has 1 atom stereocenters. The number of benzene rings is 2. The van der Waals surface area contributed by atoms with Crippen molar-refractivity contribution in [1.82, 2.24) is 40.8 Å². The highest BCUT2D eigenvalue weighted by molar-refractivity contribution is 5.97. The molecule has 0 saturated carbocycles. The number of rotatable bonds is 6. The van der Waals surface area contributed by atoms with Gasteiger partial charge in [-0.05, 0) is 52.9 Å². The van der Waals surface area contributed by atoms with Crippen LogP contribution in [0.1, 0.15) is 55.9 Å². The molecule has 5 aromatic rings. The monoisotopic (exact) mass is 562 g/mol. The van der Waals surface area contributed by atoms with Gasteiger partial charge in [0, 0.05) is 23.6 Å². The van der Waals surface area contributed by atoms with E-state index in [0.29, 0.717) is 23.2 Å². The van der Waals surface area contributed by atoms with Crippen LogP contribution in [0.25, 0.3) is 22.4 Å². The highest BCUT2D eigenvalue weighted by atomic mass is 19.4. The first-order chi connectivity index (χ1) is 19.6. The fraction of sp³-hybridized carbons (Fsp3) is 0.222. The van der Waals surface area contributed by atoms with Crippen molar-refractivity contribution in [3.8, 4) is 11.4 Å². The molecular weight excluding hydrogens is 541 g/mol. The SMILES string of the molecule is Cn1nnc(-c2ccc3c(c2)CC[C@@H]3NC(=O)c2cc(C(=O)NCc3ccc4cc(C(F)(F)F)oc4c3)ncn2)n1. The fourth-order valence-electron chi connectivity index (χ4n) is 4.74. The standard InChI is InChI=1S/C27H21F3N8O3/c1-38-36-24(35-37-38)17-4-6-18-15(9-17)5-7-19(18)34-26(40)21-11-20(32-13-33-21)25(39)31-12-14-2-3-16-10-23(27(28,29)30)41-22(16)8-14/h2-4,6,8-11,13,19H,5,7,12H2,1H3,(H,31,39)(H,34,40)/t19-/m0/s1. The Balaban J connectivity index is 1.10. The molecule has 0 aliphatic heterocycles. The fourth-order valence-corrected chi connectivity index (χ4v) is 4.74. The number of halogens is 3. The summed E-state index contributed by atoms with van der Waals surface area (Å²) in [6, 6.07) is 12.3. The van der Waals surface area contributed by atoms with Gasteiger partial charge >= 0.3 is 6.18 Å². The van der Waals surface area contributed by atoms with Crippen LogP contribution in [0.4, 0.5) is 13.2 Å². The van der Waals surface area contributed by atoms with Crippen molar-refractivity contribution in [2.24, 2.45) is 7.05 Å². The van der Waals surface area contributed by atoms with E-state index in [0.717, 1.165) is 35.5 Å². The smallest absolute Gasteiger partial charge is 0.449 e. The summed E-state index contributed by atoms with van der Waals surface area (Å²) in [4.78, 5) is 35.1. The first-order valence-corrected chi connectivity index (χ1v) is 12.5. The normalized spacial score (nSPS) is 14.7. The second-order valence-electron chi connectivity index (χ2n) is 9.53. The van der Waals surface area contributed by atoms with Crippen molar-refractivity contribution in [1.29, 1.82) is 0 Å². The minimum atomic E-state index is -4.59. The van der Waals surface area contributed by atoms with Gasteiger partial charge in [-0.2, -0.15) is 18.0 Å². The molecular formula is C27H21F3N8O3. The molecule has 0 unspecified atom stereocenters. The summed E-state index contributed by atoms with van der Waals surface area (Å²) in [5.41, 5.74) is 3.47. The van der Waals surface area contributed by atoms with E-state index in [1.165, 1.54) is 23.0 Å². The second kappa shape index (κ2) is 10.1. The number of carbonyl (C=O) groups is 2. The highest BCUT2D eigenvalue weighted by Gasteiger charge is 2.35. The van der Waals surface area contributed by atoms with E-state index < -0.39 is 23.8 Å². The zero-order valence-corrected chi connectivity index (χ0v) is 21.4. The lowest BCUT2D eigenvalue weighted by Gasteiger charge is -2.14. The zero-order valence-electron chi connectivity index (χ0n) is 21.4. The van der Waals surface area contributed by atoms with Crippen LogP contribution in [-0.4, -0.2) is 42.0 Å². The molecule has 0 fully saturated rings. The molecule has 41 heavy (non-hydrogen) atoms. The molecule has 3 aromatic heterocycles. The van der Waals surface area contributed by atoms with Crippen molar-refractivity contribution < 1.29 is 27.2 Å². The zero-order chi connectivity index (χ0) is 28.7. The minimum absolute atomic E-state index is 0.00723. The Morgan fingerprint density at radius 2 is 1.85 bits per heavy atom. The van der Waals surface area contributed by atoms with E-state index in [9.17, 15) is 22.8 Å². The van der Waals surface area contributed by atoms with Gasteiger partial charge in [0.25, 0.3) is 11.8 Å². The van der Waals surface area contributed by atoms with Gasteiger partial charge in [0.1, 0.15) is 23.3 Å². The van der Waals surface area contributed by atoms with E-state index in [1.807, 2.05) is 18.2 Å². The van der Waals surface area contributed by atoms with Crippen molar-refractivity contribution in [3.05, 3.63) is 88.7 Å². The molecule has 2 aromatic carbocycles. The Kier molecular flexibility index (Phi) is 6.44. The number of alkyl halides is 3. The van der Waals surface area contributed by atoms with Gasteiger partial charge in [0.2, 0.25) is 11.6 Å². The number of nitrogens with one attached hydrogen (secondary N) is 2. The summed E-state index contributed by atoms with van der Waals surface area (Å²) in [7, 11) is 1.69. The van der Waals surface area contributed by atoms with Gasteiger partial charge < -0.3 is 15.1 Å². The van der Waals surface area contributed by atoms with Crippen molar-refractivity contribution in [2.75, 3.05) is 0 Å². The third kappa shape index (κ3) is 5.35. The van der Waals surface area contributed by atoms with Crippen LogP contribution in [0.3, 0.4) is 0 Å². The summed E-state index contributed by atoms with van der Waals surface area (Å²) < 4.78 is 43.6. The van der Waals surface area contributed by atoms with E-state index in [4.69, 9.17) is 4.42 Å². The van der Waals surface area contributed by atoms with Crippen LogP contribution < -0.4 is 10.6 Å². The Labute approximate surface area is 229 Å². The predicted octanol–water partition coefficient (Wildman–Crippen LogP) is 3.78. The van der Waals surface area contributed by atoms with Gasteiger partial charge in [0.05, 0.1) is 13.1 Å². The van der Waals surface area contributed by atoms with E-state index in [1.54, 1.807) is 13.1 Å². The number of aromatic nitrogens is 6. The highest BCUT2D eigenvalue weighted by Crippen LogP contribution is 2.35. The topological polar surface area (TPSA) is 141 Å². The quantitative estimate of drug-likeness (QED) is 0.319. The summed E-state index contributed by atoms with van der Waals surface area (Å²) >= 11 is 0. The van der Waals surface area contributed by atoms with Gasteiger partial charge in [0.15, 0.2) is 0 Å². The number of aryl methyl sites for hydroxylation is 2. The Hall–Kier alpha value is -5.14. The first-order valence-electron chi connectivity index (χ1n) is 12.5. The van der Waals surface area contributed by atoms with Crippen LogP contribution >= 0.6 is 0 Å². The van der Waals surface area contributed by atoms with Gasteiger partial charge in [-0.15, -0.1) is 10.2 Å². The van der Waals surface area contributed by atoms with Crippen molar-refractivity contribution >= 4 is 22.8 Å². The van der Waals surface area contributed by atoms with Crippen LogP contribution in [0.2, 0.25) is 0 Å². The summed E-state index contributed by atoms with van der Waals surface area (Å²) in [6.45, 7) is 0.00723. The molecule has 0 bridgehead atoms. The molecule has 6 rings (SSSR count). The van der Waals surface area contributed by atoms with Gasteiger partial charge in [-0.3, -0.25) is 9.59 Å². The molecule has 1 aliphatic carbocycles. The molecule has 14 heteroatoms. The van der Waals surface area contributed by atoms with Crippen LogP contribution in [0, 0.1) is 0 Å². The Morgan fingerprint density at radius 3 is 2.61 bits per heavy atom. The second-order valence-corrected chi connectivity index (χ2v) is 9.53. The maximum atomic E-state index is 13.0. The van der Waals surface area contributed by atoms with E-state index in [2.05, 4.69) is 36.0 Å². The molecule has 3 heterocycles. The van der Waals surface area contributed by atoms with Crippen molar-refractivity contribution in [2.45, 2.75) is 31.6 Å². The number of nitrogens with zero attached hydrogens (tertiary/aromatic N) is 6. The number of fused-ring (bicyclic) bond motifs is 2. The maximum absolute atomic E-state index is 13.0. The number of hydrogen-bond donors (Lipinski definition) is 2. The van der Waals surface area contributed by atoms with Crippen LogP contribution in [0.15, 0.2) is 59.3 Å². The molecule has 0 saturated heterocycles. The third-order valence-electron chi connectivity index (χ3n) is 6.74. The predicted molar refractivity (Wildman–Crippen MR) is 137 cm³/mol. The molecule has 2 N–H and O–H groups in total. The lowest BCUT2D eigenvalue weighted by molar-refractivity contribution is -0.152. The molecule has 0 radical (unpaired) electrons. The number of carbonyl (C=O) groups excluding carboxylic acids is 2. The number of tetrazole rings is 1. The average molecular weight is 563 g/mol. The number of furan rings is 1. The molecule has 208 valence electrons. The number of hydrogen-bond acceptors (Lipinski definition) is 8. The Bertz CT molecular complexity index is 1800. The molecule has 11 nitrogen and oxygen atoms in total. The summed E-state index contributed by atoms with van der Waals surface area (Å²) in [6.07, 6.45) is -2.01. The molecule has 0 spiro atoms. The summed E-state index contributed by atoms with van der Waals surface area (Å²) in [5, 5.41) is 18.0. The lowest BCUT2D eigenvalue weighted by atomic mass is 10.0. The average Bonchev–Trinajstić information content (AvgIpc) is 3.69. The van der Waals surface area contributed by atoms with E-state index >= 15 is 0 Å². The molecule has 2 amide bonds. The lowest BCUT2D eigenvalue weighted by Crippen LogP contribution is -2.29.